The van der Waals surface area contributed by atoms with E-state index in [1.807, 2.05) is 52.0 Å². The van der Waals surface area contributed by atoms with Gasteiger partial charge in [0.1, 0.15) is 16.6 Å². The van der Waals surface area contributed by atoms with Gasteiger partial charge < -0.3 is 0 Å². The third kappa shape index (κ3) is 3.32. The maximum absolute atomic E-state index is 12.0. The minimum atomic E-state index is -0.301. The lowest BCUT2D eigenvalue weighted by Crippen LogP contribution is -2.22. The molecular weight excluding hydrogens is 256 g/mol. The number of para-hydroxylation sites is 1. The Balaban J connectivity index is 2.28. The Labute approximate surface area is 117 Å². The lowest BCUT2D eigenvalue weighted by atomic mass is 9.92. The standard InChI is InChI=1S/C15H18N2OS/c1-10-16-12-8-6-5-7-11(12)14(17-10)19-9-13(18)15(2,3)4/h5-8H,9H2,1-4H3. The number of nitrogens with zero attached hydrogens (tertiary/aromatic N) is 2. The minimum Gasteiger partial charge on any atom is -0.298 e. The Hall–Kier alpha value is -1.42. The summed E-state index contributed by atoms with van der Waals surface area (Å²) in [6.45, 7) is 7.71. The van der Waals surface area contributed by atoms with Gasteiger partial charge in [0.15, 0.2) is 0 Å². The van der Waals surface area contributed by atoms with Gasteiger partial charge in [0.05, 0.1) is 11.3 Å². The van der Waals surface area contributed by atoms with Crippen molar-refractivity contribution >= 4 is 28.4 Å². The Bertz CT molecular complexity index is 617. The highest BCUT2D eigenvalue weighted by Gasteiger charge is 2.21. The molecule has 0 N–H and O–H groups in total. The Morgan fingerprint density at radius 1 is 1.21 bits per heavy atom. The molecule has 0 aliphatic carbocycles. The average Bonchev–Trinajstić information content (AvgIpc) is 2.34. The van der Waals surface area contributed by atoms with Crippen LogP contribution in [-0.2, 0) is 4.79 Å². The zero-order valence-electron chi connectivity index (χ0n) is 11.7. The number of benzene rings is 1. The SMILES string of the molecule is Cc1nc(SCC(=O)C(C)(C)C)c2ccccc2n1. The van der Waals surface area contributed by atoms with Crippen LogP contribution in [0.25, 0.3) is 10.9 Å². The van der Waals surface area contributed by atoms with E-state index < -0.39 is 0 Å². The van der Waals surface area contributed by atoms with Gasteiger partial charge in [0, 0.05) is 10.8 Å². The minimum absolute atomic E-state index is 0.234. The van der Waals surface area contributed by atoms with Crippen LogP contribution >= 0.6 is 11.8 Å². The van der Waals surface area contributed by atoms with Crippen molar-refractivity contribution in [2.75, 3.05) is 5.75 Å². The van der Waals surface area contributed by atoms with E-state index in [1.165, 1.54) is 11.8 Å². The maximum atomic E-state index is 12.0. The molecule has 0 radical (unpaired) electrons. The number of fused-ring (bicyclic) bond motifs is 1. The van der Waals surface area contributed by atoms with E-state index in [9.17, 15) is 4.79 Å². The number of carbonyl (C=O) groups excluding carboxylic acids is 1. The summed E-state index contributed by atoms with van der Waals surface area (Å²) >= 11 is 1.50. The van der Waals surface area contributed by atoms with E-state index in [1.54, 1.807) is 0 Å². The molecule has 100 valence electrons. The highest BCUT2D eigenvalue weighted by Crippen LogP contribution is 2.27. The first-order valence-electron chi connectivity index (χ1n) is 6.27. The Morgan fingerprint density at radius 3 is 2.58 bits per heavy atom. The van der Waals surface area contributed by atoms with Crippen molar-refractivity contribution in [2.24, 2.45) is 5.41 Å². The second kappa shape index (κ2) is 5.29. The molecule has 0 saturated heterocycles. The molecule has 0 spiro atoms. The number of hydrogen-bond donors (Lipinski definition) is 0. The third-order valence-corrected chi connectivity index (χ3v) is 3.85. The van der Waals surface area contributed by atoms with Crippen LogP contribution in [0, 0.1) is 12.3 Å². The lowest BCUT2D eigenvalue weighted by molar-refractivity contribution is -0.123. The number of thioether (sulfide) groups is 1. The first kappa shape index (κ1) is 14.0. The molecule has 1 heterocycles. The van der Waals surface area contributed by atoms with Gasteiger partial charge in [0.2, 0.25) is 0 Å². The van der Waals surface area contributed by atoms with Gasteiger partial charge in [-0.3, -0.25) is 4.79 Å². The molecule has 0 atom stereocenters. The van der Waals surface area contributed by atoms with E-state index in [0.717, 1.165) is 21.8 Å². The molecule has 19 heavy (non-hydrogen) atoms. The molecule has 0 fully saturated rings. The summed E-state index contributed by atoms with van der Waals surface area (Å²) in [7, 11) is 0. The molecule has 2 rings (SSSR count). The van der Waals surface area contributed by atoms with Crippen molar-refractivity contribution in [3.63, 3.8) is 0 Å². The molecule has 0 aliphatic heterocycles. The molecule has 4 heteroatoms. The largest absolute Gasteiger partial charge is 0.298 e. The summed E-state index contributed by atoms with van der Waals surface area (Å²) < 4.78 is 0. The summed E-state index contributed by atoms with van der Waals surface area (Å²) in [6.07, 6.45) is 0. The van der Waals surface area contributed by atoms with E-state index in [4.69, 9.17) is 0 Å². The van der Waals surface area contributed by atoms with Crippen LogP contribution < -0.4 is 0 Å². The van der Waals surface area contributed by atoms with Gasteiger partial charge in [-0.15, -0.1) is 0 Å². The van der Waals surface area contributed by atoms with Gasteiger partial charge >= 0.3 is 0 Å². The number of rotatable bonds is 3. The summed E-state index contributed by atoms with van der Waals surface area (Å²) in [6, 6.07) is 7.90. The normalized spacial score (nSPS) is 11.8. The van der Waals surface area contributed by atoms with Crippen LogP contribution in [0.15, 0.2) is 29.3 Å². The number of ketones is 1. The predicted molar refractivity (Wildman–Crippen MR) is 79.5 cm³/mol. The number of Topliss-reactive ketones (excluding diaryl/α,β-unsaturated/α-hetero) is 1. The summed E-state index contributed by atoms with van der Waals surface area (Å²) in [4.78, 5) is 20.9. The monoisotopic (exact) mass is 274 g/mol. The van der Waals surface area contributed by atoms with Gasteiger partial charge in [-0.1, -0.05) is 50.7 Å². The smallest absolute Gasteiger partial charge is 0.148 e. The molecule has 2 aromatic rings. The zero-order chi connectivity index (χ0) is 14.0. The van der Waals surface area contributed by atoms with Crippen LogP contribution in [-0.4, -0.2) is 21.5 Å². The fourth-order valence-electron chi connectivity index (χ4n) is 1.62. The number of aromatic nitrogens is 2. The fraction of sp³-hybridized carbons (Fsp3) is 0.400. The molecular formula is C15H18N2OS. The molecule has 0 aliphatic rings. The highest BCUT2D eigenvalue weighted by molar-refractivity contribution is 8.00. The molecule has 0 bridgehead atoms. The van der Waals surface area contributed by atoms with Crippen molar-refractivity contribution < 1.29 is 4.79 Å². The number of hydrogen-bond acceptors (Lipinski definition) is 4. The molecule has 1 aromatic heterocycles. The van der Waals surface area contributed by atoms with E-state index >= 15 is 0 Å². The molecule has 0 amide bonds. The predicted octanol–water partition coefficient (Wildman–Crippen LogP) is 3.65. The molecule has 0 saturated carbocycles. The van der Waals surface area contributed by atoms with Crippen molar-refractivity contribution in [1.82, 2.24) is 9.97 Å². The number of aryl methyl sites for hydroxylation is 1. The van der Waals surface area contributed by atoms with Crippen molar-refractivity contribution in [3.8, 4) is 0 Å². The lowest BCUT2D eigenvalue weighted by Gasteiger charge is -2.16. The Morgan fingerprint density at radius 2 is 1.89 bits per heavy atom. The average molecular weight is 274 g/mol. The van der Waals surface area contributed by atoms with Crippen molar-refractivity contribution in [1.29, 1.82) is 0 Å². The van der Waals surface area contributed by atoms with Crippen molar-refractivity contribution in [3.05, 3.63) is 30.1 Å². The van der Waals surface area contributed by atoms with E-state index in [2.05, 4.69) is 9.97 Å². The first-order valence-corrected chi connectivity index (χ1v) is 7.26. The fourth-order valence-corrected chi connectivity index (χ4v) is 2.84. The van der Waals surface area contributed by atoms with Crippen molar-refractivity contribution in [2.45, 2.75) is 32.7 Å². The van der Waals surface area contributed by atoms with Gasteiger partial charge in [-0.05, 0) is 13.0 Å². The summed E-state index contributed by atoms with van der Waals surface area (Å²) in [5, 5.41) is 1.90. The molecule has 3 nitrogen and oxygen atoms in total. The van der Waals surface area contributed by atoms with Gasteiger partial charge in [-0.2, -0.15) is 0 Å². The van der Waals surface area contributed by atoms with Gasteiger partial charge in [0.25, 0.3) is 0 Å². The maximum Gasteiger partial charge on any atom is 0.148 e. The topological polar surface area (TPSA) is 42.9 Å². The van der Waals surface area contributed by atoms with Crippen LogP contribution in [0.1, 0.15) is 26.6 Å². The summed E-state index contributed by atoms with van der Waals surface area (Å²) in [5.74, 6) is 1.42. The highest BCUT2D eigenvalue weighted by atomic mass is 32.2. The number of carbonyl (C=O) groups is 1. The van der Waals surface area contributed by atoms with Crippen LogP contribution in [0.3, 0.4) is 0 Å². The third-order valence-electron chi connectivity index (χ3n) is 2.86. The second-order valence-electron chi connectivity index (χ2n) is 5.55. The summed E-state index contributed by atoms with van der Waals surface area (Å²) in [5.41, 5.74) is 0.630. The first-order chi connectivity index (χ1) is 8.88. The Kier molecular flexibility index (Phi) is 3.90. The zero-order valence-corrected chi connectivity index (χ0v) is 12.5. The molecule has 1 aromatic carbocycles. The second-order valence-corrected chi connectivity index (χ2v) is 6.52. The quantitative estimate of drug-likeness (QED) is 0.633. The van der Waals surface area contributed by atoms with E-state index in [-0.39, 0.29) is 11.2 Å². The van der Waals surface area contributed by atoms with Crippen LogP contribution in [0.2, 0.25) is 0 Å². The van der Waals surface area contributed by atoms with E-state index in [0.29, 0.717) is 5.75 Å². The van der Waals surface area contributed by atoms with Crippen LogP contribution in [0.4, 0.5) is 0 Å². The molecule has 0 unspecified atom stereocenters. The van der Waals surface area contributed by atoms with Gasteiger partial charge in [-0.25, -0.2) is 9.97 Å². The van der Waals surface area contributed by atoms with Crippen LogP contribution in [0.5, 0.6) is 0 Å².